The summed E-state index contributed by atoms with van der Waals surface area (Å²) in [5.74, 6) is 1.17. The third-order valence-corrected chi connectivity index (χ3v) is 6.50. The first-order chi connectivity index (χ1) is 10.0. The third kappa shape index (κ3) is 2.01. The zero-order chi connectivity index (χ0) is 14.7. The van der Waals surface area contributed by atoms with Crippen LogP contribution in [0.4, 0.5) is 0 Å². The molecule has 5 rings (SSSR count). The van der Waals surface area contributed by atoms with Crippen molar-refractivity contribution in [1.29, 1.82) is 0 Å². The molecule has 0 spiro atoms. The molecule has 5 aliphatic carbocycles. The molecule has 3 atom stereocenters. The van der Waals surface area contributed by atoms with Crippen molar-refractivity contribution in [3.8, 4) is 0 Å². The zero-order valence-electron chi connectivity index (χ0n) is 12.6. The number of esters is 1. The normalized spacial score (nSPS) is 45.8. The van der Waals surface area contributed by atoms with Gasteiger partial charge >= 0.3 is 12.4 Å². The molecule has 0 aromatic rings. The largest absolute Gasteiger partial charge is 0.459 e. The summed E-state index contributed by atoms with van der Waals surface area (Å²) in [4.78, 5) is 23.7. The molecule has 4 heteroatoms. The van der Waals surface area contributed by atoms with E-state index in [2.05, 4.69) is 0 Å². The van der Waals surface area contributed by atoms with Crippen LogP contribution in [0.1, 0.15) is 58.3 Å². The van der Waals surface area contributed by atoms with Crippen LogP contribution in [0.5, 0.6) is 0 Å². The molecule has 21 heavy (non-hydrogen) atoms. The smallest absolute Gasteiger partial charge is 0.418 e. The van der Waals surface area contributed by atoms with Gasteiger partial charge in [0.05, 0.1) is 5.92 Å². The van der Waals surface area contributed by atoms with Crippen molar-refractivity contribution in [2.75, 3.05) is 0 Å². The van der Waals surface area contributed by atoms with E-state index >= 15 is 0 Å². The Morgan fingerprint density at radius 2 is 1.81 bits per heavy atom. The van der Waals surface area contributed by atoms with Crippen LogP contribution in [-0.4, -0.2) is 23.6 Å². The predicted octanol–water partition coefficient (Wildman–Crippen LogP) is 2.75. The lowest BCUT2D eigenvalue weighted by Gasteiger charge is -2.58. The molecule has 0 aliphatic heterocycles. The molecule has 5 fully saturated rings. The number of rotatable bonds is 4. The number of carbonyl (C=O) groups is 1. The molecular formula is C17H23O4. The van der Waals surface area contributed by atoms with Gasteiger partial charge in [0.25, 0.3) is 0 Å². The lowest BCUT2D eigenvalue weighted by Crippen LogP contribution is -2.61. The van der Waals surface area contributed by atoms with Gasteiger partial charge in [-0.3, -0.25) is 4.79 Å². The Morgan fingerprint density at radius 1 is 1.14 bits per heavy atom. The van der Waals surface area contributed by atoms with Crippen LogP contribution >= 0.6 is 0 Å². The van der Waals surface area contributed by atoms with E-state index in [1.165, 1.54) is 6.42 Å². The van der Waals surface area contributed by atoms with Crippen molar-refractivity contribution >= 4 is 12.4 Å². The summed E-state index contributed by atoms with van der Waals surface area (Å²) in [5.41, 5.74) is -0.897. The number of ether oxygens (including phenoxy) is 2. The maximum Gasteiger partial charge on any atom is 0.418 e. The van der Waals surface area contributed by atoms with Gasteiger partial charge in [-0.05, 0) is 76.0 Å². The predicted molar refractivity (Wildman–Crippen MR) is 74.9 cm³/mol. The molecule has 0 heterocycles. The highest BCUT2D eigenvalue weighted by molar-refractivity contribution is 5.76. The zero-order valence-corrected chi connectivity index (χ0v) is 12.6. The average molecular weight is 291 g/mol. The minimum absolute atomic E-state index is 0.128. The molecule has 0 amide bonds. The summed E-state index contributed by atoms with van der Waals surface area (Å²) in [5, 5.41) is 0. The fourth-order valence-electron chi connectivity index (χ4n) is 5.69. The second kappa shape index (κ2) is 4.47. The molecule has 3 unspecified atom stereocenters. The number of hydrogen-bond donors (Lipinski definition) is 0. The lowest BCUT2D eigenvalue weighted by molar-refractivity contribution is -0.208. The van der Waals surface area contributed by atoms with Gasteiger partial charge < -0.3 is 9.47 Å². The van der Waals surface area contributed by atoms with Crippen molar-refractivity contribution < 1.29 is 19.1 Å². The summed E-state index contributed by atoms with van der Waals surface area (Å²) in [7, 11) is 0. The van der Waals surface area contributed by atoms with E-state index in [9.17, 15) is 9.59 Å². The van der Waals surface area contributed by atoms with Gasteiger partial charge in [-0.15, -0.1) is 0 Å². The summed E-state index contributed by atoms with van der Waals surface area (Å²) in [6, 6.07) is 0. The molecule has 115 valence electrons. The highest BCUT2D eigenvalue weighted by Crippen LogP contribution is 2.60. The van der Waals surface area contributed by atoms with E-state index < -0.39 is 5.60 Å². The van der Waals surface area contributed by atoms with E-state index in [4.69, 9.17) is 9.47 Å². The van der Waals surface area contributed by atoms with Gasteiger partial charge in [0.15, 0.2) is 0 Å². The summed E-state index contributed by atoms with van der Waals surface area (Å²) < 4.78 is 11.3. The van der Waals surface area contributed by atoms with Gasteiger partial charge in [-0.25, -0.2) is 4.79 Å². The highest BCUT2D eigenvalue weighted by atomic mass is 16.6. The molecule has 1 radical (unpaired) electrons. The van der Waals surface area contributed by atoms with Crippen molar-refractivity contribution in [2.24, 2.45) is 23.7 Å². The van der Waals surface area contributed by atoms with Crippen LogP contribution in [0.25, 0.3) is 0 Å². The van der Waals surface area contributed by atoms with Crippen molar-refractivity contribution in [1.82, 2.24) is 0 Å². The Hall–Kier alpha value is -1.06. The first-order valence-electron chi connectivity index (χ1n) is 8.32. The molecule has 4 bridgehead atoms. The molecule has 0 aromatic carbocycles. The summed E-state index contributed by atoms with van der Waals surface area (Å²) >= 11 is 0. The van der Waals surface area contributed by atoms with E-state index in [1.54, 1.807) is 6.47 Å². The van der Waals surface area contributed by atoms with Gasteiger partial charge in [0, 0.05) is 0 Å². The highest BCUT2D eigenvalue weighted by Gasteiger charge is 2.62. The molecule has 5 saturated carbocycles. The Labute approximate surface area is 125 Å². The van der Waals surface area contributed by atoms with E-state index in [0.717, 1.165) is 44.9 Å². The van der Waals surface area contributed by atoms with Gasteiger partial charge in [0.1, 0.15) is 11.2 Å². The molecule has 0 aromatic heterocycles. The monoisotopic (exact) mass is 291 g/mol. The van der Waals surface area contributed by atoms with E-state index in [-0.39, 0.29) is 17.5 Å². The van der Waals surface area contributed by atoms with Crippen LogP contribution in [0.2, 0.25) is 0 Å². The molecular weight excluding hydrogens is 268 g/mol. The maximum absolute atomic E-state index is 12.8. The molecule has 4 nitrogen and oxygen atoms in total. The van der Waals surface area contributed by atoms with Crippen LogP contribution in [-0.2, 0) is 19.1 Å². The minimum Gasteiger partial charge on any atom is -0.459 e. The Bertz CT molecular complexity index is 453. The maximum atomic E-state index is 12.8. The first-order valence-corrected chi connectivity index (χ1v) is 8.32. The second-order valence-electron chi connectivity index (χ2n) is 8.06. The van der Waals surface area contributed by atoms with Crippen LogP contribution in [0.15, 0.2) is 0 Å². The number of carbonyl (C=O) groups excluding carboxylic acids is 2. The second-order valence-corrected chi connectivity index (χ2v) is 8.06. The van der Waals surface area contributed by atoms with E-state index in [1.807, 2.05) is 6.92 Å². The third-order valence-electron chi connectivity index (χ3n) is 6.50. The molecule has 0 N–H and O–H groups in total. The summed E-state index contributed by atoms with van der Waals surface area (Å²) in [6.07, 6.45) is 8.11. The Kier molecular flexibility index (Phi) is 2.89. The first kappa shape index (κ1) is 13.6. The fourth-order valence-corrected chi connectivity index (χ4v) is 5.69. The minimum atomic E-state index is -0.617. The van der Waals surface area contributed by atoms with Gasteiger partial charge in [0.2, 0.25) is 0 Å². The quantitative estimate of drug-likeness (QED) is 0.747. The van der Waals surface area contributed by atoms with Crippen LogP contribution in [0.3, 0.4) is 0 Å². The van der Waals surface area contributed by atoms with Crippen LogP contribution in [0, 0.1) is 23.7 Å². The Morgan fingerprint density at radius 3 is 2.33 bits per heavy atom. The van der Waals surface area contributed by atoms with E-state index in [0.29, 0.717) is 17.8 Å². The number of hydrogen-bond acceptors (Lipinski definition) is 4. The van der Waals surface area contributed by atoms with Crippen LogP contribution < -0.4 is 0 Å². The molecule has 0 saturated heterocycles. The van der Waals surface area contributed by atoms with Gasteiger partial charge in [-0.1, -0.05) is 0 Å². The van der Waals surface area contributed by atoms with Crippen molar-refractivity contribution in [2.45, 2.75) is 69.5 Å². The topological polar surface area (TPSA) is 52.6 Å². The molecule has 5 aliphatic rings. The summed E-state index contributed by atoms with van der Waals surface area (Å²) in [6.45, 7) is 3.66. The lowest BCUT2D eigenvalue weighted by atomic mass is 9.49. The Balaban J connectivity index is 1.59. The fraction of sp³-hybridized carbons (Fsp3) is 0.882. The average Bonchev–Trinajstić information content (AvgIpc) is 2.35. The van der Waals surface area contributed by atoms with Crippen molar-refractivity contribution in [3.63, 3.8) is 0 Å². The van der Waals surface area contributed by atoms with Gasteiger partial charge in [-0.2, -0.15) is 0 Å². The standard InChI is InChI=1S/C17H23O4/c1-16(3-2-4-16)21-15(19)14-13-6-11-5-12(7-13)9-17(14,8-11)20-10-18/h11-14H,2-9H2,1H3. The SMILES string of the molecule is CC1(OC(=O)C2C3CC4CC(C3)CC2(O[C]=O)C4)CCC1. The van der Waals surface area contributed by atoms with Crippen molar-refractivity contribution in [3.05, 3.63) is 0 Å².